The highest BCUT2D eigenvalue weighted by atomic mass is 16.7. The fourth-order valence-corrected chi connectivity index (χ4v) is 2.96. The average Bonchev–Trinajstić information content (AvgIpc) is 3.08. The Balaban J connectivity index is 1.51. The summed E-state index contributed by atoms with van der Waals surface area (Å²) in [6, 6.07) is 6.28. The number of fused-ring (bicyclic) bond motifs is 2. The first-order valence-corrected chi connectivity index (χ1v) is 7.40. The number of aromatic nitrogens is 3. The molecule has 1 unspecified atom stereocenters. The van der Waals surface area contributed by atoms with Crippen molar-refractivity contribution >= 4 is 17.8 Å². The molecule has 1 aromatic carbocycles. The van der Waals surface area contributed by atoms with E-state index in [-0.39, 0.29) is 23.2 Å². The predicted octanol–water partition coefficient (Wildman–Crippen LogP) is -0.112. The van der Waals surface area contributed by atoms with Crippen LogP contribution in [0, 0.1) is 5.92 Å². The van der Waals surface area contributed by atoms with Gasteiger partial charge in [0, 0.05) is 13.0 Å². The molecule has 2 aliphatic rings. The van der Waals surface area contributed by atoms with E-state index in [0.29, 0.717) is 23.9 Å². The van der Waals surface area contributed by atoms with Crippen molar-refractivity contribution in [1.29, 1.82) is 0 Å². The third-order valence-electron chi connectivity index (χ3n) is 4.24. The molecule has 2 amide bonds. The van der Waals surface area contributed by atoms with Gasteiger partial charge in [-0.25, -0.2) is 14.7 Å². The van der Waals surface area contributed by atoms with E-state index in [4.69, 9.17) is 4.84 Å². The van der Waals surface area contributed by atoms with Crippen molar-refractivity contribution < 1.29 is 19.2 Å². The molecule has 9 nitrogen and oxygen atoms in total. The van der Waals surface area contributed by atoms with Gasteiger partial charge >= 0.3 is 11.7 Å². The number of hydrogen-bond acceptors (Lipinski definition) is 6. The summed E-state index contributed by atoms with van der Waals surface area (Å²) in [5.41, 5.74) is 0.0948. The summed E-state index contributed by atoms with van der Waals surface area (Å²) in [7, 11) is 0. The zero-order valence-corrected chi connectivity index (χ0v) is 12.4. The van der Waals surface area contributed by atoms with Gasteiger partial charge in [-0.2, -0.15) is 5.10 Å². The Kier molecular flexibility index (Phi) is 3.08. The van der Waals surface area contributed by atoms with Crippen LogP contribution in [0.5, 0.6) is 0 Å². The topological polar surface area (TPSA) is 114 Å². The minimum Gasteiger partial charge on any atom is -0.329 e. The van der Waals surface area contributed by atoms with Gasteiger partial charge in [-0.3, -0.25) is 14.2 Å². The Hall–Kier alpha value is -3.23. The Morgan fingerprint density at radius 1 is 1.17 bits per heavy atom. The van der Waals surface area contributed by atoms with Gasteiger partial charge in [0.2, 0.25) is 0 Å². The molecule has 24 heavy (non-hydrogen) atoms. The van der Waals surface area contributed by atoms with Crippen LogP contribution in [0.2, 0.25) is 0 Å². The molecule has 0 radical (unpaired) electrons. The second-order valence-electron chi connectivity index (χ2n) is 5.65. The maximum Gasteiger partial charge on any atom is 0.343 e. The lowest BCUT2D eigenvalue weighted by Gasteiger charge is -2.22. The molecule has 0 spiro atoms. The summed E-state index contributed by atoms with van der Waals surface area (Å²) < 4.78 is 1.45. The SMILES string of the molecule is O=C(ON1C(=O)c2ccccc2C1=O)C1CCn2c(n[nH]c2=O)C1. The maximum atomic E-state index is 12.3. The van der Waals surface area contributed by atoms with E-state index in [9.17, 15) is 19.2 Å². The molecule has 3 heterocycles. The highest BCUT2D eigenvalue weighted by molar-refractivity contribution is 6.20. The van der Waals surface area contributed by atoms with Crippen molar-refractivity contribution in [2.45, 2.75) is 19.4 Å². The number of aromatic amines is 1. The molecule has 0 bridgehead atoms. The van der Waals surface area contributed by atoms with Gasteiger partial charge in [-0.05, 0) is 18.6 Å². The lowest BCUT2D eigenvalue weighted by Crippen LogP contribution is -2.38. The fraction of sp³-hybridized carbons (Fsp3) is 0.267. The standard InChI is InChI=1S/C15H12N4O5/c20-12-9-3-1-2-4-10(9)13(21)19(12)24-14(22)8-5-6-18-11(7-8)16-17-15(18)23/h1-4,8H,5-7H2,(H,17,23). The second kappa shape index (κ2) is 5.15. The van der Waals surface area contributed by atoms with Crippen LogP contribution < -0.4 is 5.69 Å². The van der Waals surface area contributed by atoms with Crippen LogP contribution >= 0.6 is 0 Å². The summed E-state index contributed by atoms with van der Waals surface area (Å²) in [5.74, 6) is -2.12. The van der Waals surface area contributed by atoms with Gasteiger partial charge < -0.3 is 4.84 Å². The maximum absolute atomic E-state index is 12.3. The molecule has 1 aromatic heterocycles. The lowest BCUT2D eigenvalue weighted by atomic mass is 9.98. The van der Waals surface area contributed by atoms with E-state index in [1.165, 1.54) is 16.7 Å². The van der Waals surface area contributed by atoms with E-state index in [1.807, 2.05) is 0 Å². The molecule has 0 saturated carbocycles. The number of imide groups is 1. The van der Waals surface area contributed by atoms with Crippen LogP contribution in [0.25, 0.3) is 0 Å². The van der Waals surface area contributed by atoms with E-state index >= 15 is 0 Å². The molecule has 2 aliphatic heterocycles. The molecule has 1 atom stereocenters. The minimum absolute atomic E-state index is 0.208. The zero-order valence-electron chi connectivity index (χ0n) is 12.4. The molecule has 0 fully saturated rings. The van der Waals surface area contributed by atoms with E-state index in [0.717, 1.165) is 0 Å². The van der Waals surface area contributed by atoms with E-state index in [1.54, 1.807) is 12.1 Å². The molecule has 1 N–H and O–H groups in total. The number of carbonyl (C=O) groups is 3. The first-order valence-electron chi connectivity index (χ1n) is 7.40. The number of nitrogens with one attached hydrogen (secondary N) is 1. The number of rotatable bonds is 2. The van der Waals surface area contributed by atoms with E-state index in [2.05, 4.69) is 10.2 Å². The number of nitrogens with zero attached hydrogens (tertiary/aromatic N) is 3. The summed E-state index contributed by atoms with van der Waals surface area (Å²) in [6.45, 7) is 0.326. The molecular weight excluding hydrogens is 316 g/mol. The lowest BCUT2D eigenvalue weighted by molar-refractivity contribution is -0.174. The number of amides is 2. The van der Waals surface area contributed by atoms with Crippen molar-refractivity contribution in [1.82, 2.24) is 19.8 Å². The summed E-state index contributed by atoms with van der Waals surface area (Å²) in [5, 5.41) is 6.68. The molecule has 2 aromatic rings. The monoisotopic (exact) mass is 328 g/mol. The number of carbonyl (C=O) groups excluding carboxylic acids is 3. The summed E-state index contributed by atoms with van der Waals surface area (Å²) in [6.07, 6.45) is 0.579. The van der Waals surface area contributed by atoms with Gasteiger partial charge in [0.15, 0.2) is 0 Å². The van der Waals surface area contributed by atoms with Crippen molar-refractivity contribution in [3.63, 3.8) is 0 Å². The van der Waals surface area contributed by atoms with Gasteiger partial charge in [0.05, 0.1) is 17.0 Å². The molecular formula is C15H12N4O5. The first-order chi connectivity index (χ1) is 11.6. The molecule has 0 saturated heterocycles. The van der Waals surface area contributed by atoms with Crippen molar-refractivity contribution in [2.75, 3.05) is 0 Å². The zero-order chi connectivity index (χ0) is 16.8. The van der Waals surface area contributed by atoms with Crippen molar-refractivity contribution in [3.05, 3.63) is 51.7 Å². The Morgan fingerprint density at radius 2 is 1.83 bits per heavy atom. The Labute approximate surface area is 134 Å². The van der Waals surface area contributed by atoms with Crippen LogP contribution in [0.1, 0.15) is 33.0 Å². The van der Waals surface area contributed by atoms with Crippen LogP contribution in [0.4, 0.5) is 0 Å². The fourth-order valence-electron chi connectivity index (χ4n) is 2.96. The van der Waals surface area contributed by atoms with Crippen LogP contribution in [-0.4, -0.2) is 37.6 Å². The first kappa shape index (κ1) is 14.4. The molecule has 0 aliphatic carbocycles. The van der Waals surface area contributed by atoms with Crippen LogP contribution in [0.15, 0.2) is 29.1 Å². The number of H-pyrrole nitrogens is 1. The predicted molar refractivity (Wildman–Crippen MR) is 77.7 cm³/mol. The Morgan fingerprint density at radius 3 is 2.50 bits per heavy atom. The second-order valence-corrected chi connectivity index (χ2v) is 5.65. The molecule has 122 valence electrons. The van der Waals surface area contributed by atoms with Gasteiger partial charge in [-0.15, -0.1) is 0 Å². The Bertz CT molecular complexity index is 893. The van der Waals surface area contributed by atoms with Crippen LogP contribution in [-0.2, 0) is 22.6 Å². The normalized spacial score (nSPS) is 19.2. The smallest absolute Gasteiger partial charge is 0.329 e. The third-order valence-corrected chi connectivity index (χ3v) is 4.24. The number of benzene rings is 1. The number of hydroxylamine groups is 2. The third kappa shape index (κ3) is 2.05. The molecule has 4 rings (SSSR count). The number of hydrogen-bond donors (Lipinski definition) is 1. The highest BCUT2D eigenvalue weighted by Crippen LogP contribution is 2.25. The van der Waals surface area contributed by atoms with Crippen molar-refractivity contribution in [2.24, 2.45) is 5.92 Å². The van der Waals surface area contributed by atoms with Crippen molar-refractivity contribution in [3.8, 4) is 0 Å². The summed E-state index contributed by atoms with van der Waals surface area (Å²) in [4.78, 5) is 53.2. The minimum atomic E-state index is -0.689. The van der Waals surface area contributed by atoms with Crippen LogP contribution in [0.3, 0.4) is 0 Å². The van der Waals surface area contributed by atoms with E-state index < -0.39 is 23.7 Å². The quantitative estimate of drug-likeness (QED) is 0.769. The largest absolute Gasteiger partial charge is 0.343 e. The van der Waals surface area contributed by atoms with Gasteiger partial charge in [0.25, 0.3) is 11.8 Å². The highest BCUT2D eigenvalue weighted by Gasteiger charge is 2.40. The summed E-state index contributed by atoms with van der Waals surface area (Å²) >= 11 is 0. The average molecular weight is 328 g/mol. The molecule has 9 heteroatoms. The van der Waals surface area contributed by atoms with Gasteiger partial charge in [0.1, 0.15) is 5.82 Å². The van der Waals surface area contributed by atoms with Gasteiger partial charge in [-0.1, -0.05) is 17.2 Å².